The molecule has 27 heavy (non-hydrogen) atoms. The minimum absolute atomic E-state index is 0.291. The van der Waals surface area contributed by atoms with E-state index in [0.29, 0.717) is 5.92 Å². The number of hydrogen-bond donors (Lipinski definition) is 2. The minimum atomic E-state index is 0.291. The molecule has 0 unspecified atom stereocenters. The number of pyridine rings is 2. The first kappa shape index (κ1) is 17.4. The van der Waals surface area contributed by atoms with Gasteiger partial charge in [-0.25, -0.2) is 9.50 Å². The van der Waals surface area contributed by atoms with Crippen LogP contribution in [0.5, 0.6) is 0 Å². The van der Waals surface area contributed by atoms with Crippen LogP contribution in [0.2, 0.25) is 0 Å². The highest BCUT2D eigenvalue weighted by molar-refractivity contribution is 5.74. The first-order chi connectivity index (χ1) is 13.1. The third kappa shape index (κ3) is 3.10. The number of aromatic amines is 1. The van der Waals surface area contributed by atoms with E-state index in [1.54, 1.807) is 10.8 Å². The van der Waals surface area contributed by atoms with Crippen molar-refractivity contribution >= 4 is 5.65 Å². The van der Waals surface area contributed by atoms with E-state index in [4.69, 9.17) is 0 Å². The van der Waals surface area contributed by atoms with Crippen LogP contribution >= 0.6 is 0 Å². The molecule has 4 rings (SSSR count). The Labute approximate surface area is 157 Å². The molecule has 0 radical (unpaired) electrons. The zero-order chi connectivity index (χ0) is 19.0. The van der Waals surface area contributed by atoms with Crippen molar-refractivity contribution in [1.29, 1.82) is 0 Å². The van der Waals surface area contributed by atoms with Gasteiger partial charge < -0.3 is 5.32 Å². The van der Waals surface area contributed by atoms with Gasteiger partial charge in [-0.05, 0) is 43.1 Å². The van der Waals surface area contributed by atoms with E-state index in [1.165, 1.54) is 0 Å². The summed E-state index contributed by atoms with van der Waals surface area (Å²) in [5, 5.41) is 15.3. The highest BCUT2D eigenvalue weighted by Crippen LogP contribution is 2.35. The fraction of sp³-hybridized carbons (Fsp3) is 0.300. The summed E-state index contributed by atoms with van der Waals surface area (Å²) in [5.74, 6) is 0.291. The lowest BCUT2D eigenvalue weighted by molar-refractivity contribution is 0.813. The molecule has 0 aliphatic heterocycles. The Morgan fingerprint density at radius 3 is 2.78 bits per heavy atom. The molecule has 0 bridgehead atoms. The van der Waals surface area contributed by atoms with E-state index in [0.717, 1.165) is 51.5 Å². The molecule has 0 aliphatic carbocycles. The minimum Gasteiger partial charge on any atom is -0.316 e. The SMILES string of the molecule is CNCc1ccc(-c2n[nH]c(-c3cc(C)c4ncnn4c3)c2C(C)C)nc1. The molecule has 0 aliphatic rings. The van der Waals surface area contributed by atoms with Gasteiger partial charge in [0.05, 0.1) is 11.4 Å². The number of nitrogens with zero attached hydrogens (tertiary/aromatic N) is 5. The van der Waals surface area contributed by atoms with Gasteiger partial charge in [0.2, 0.25) is 0 Å². The van der Waals surface area contributed by atoms with Crippen molar-refractivity contribution in [3.05, 3.63) is 53.6 Å². The largest absolute Gasteiger partial charge is 0.316 e. The van der Waals surface area contributed by atoms with Crippen molar-refractivity contribution in [1.82, 2.24) is 35.1 Å². The van der Waals surface area contributed by atoms with Crippen LogP contribution in [-0.2, 0) is 6.54 Å². The Bertz CT molecular complexity index is 1070. The number of hydrogen-bond acceptors (Lipinski definition) is 5. The van der Waals surface area contributed by atoms with Crippen LogP contribution in [0.4, 0.5) is 0 Å². The molecule has 2 N–H and O–H groups in total. The fourth-order valence-corrected chi connectivity index (χ4v) is 3.43. The van der Waals surface area contributed by atoms with E-state index in [2.05, 4.69) is 56.6 Å². The van der Waals surface area contributed by atoms with Gasteiger partial charge in [0.1, 0.15) is 12.0 Å². The first-order valence-corrected chi connectivity index (χ1v) is 9.07. The summed E-state index contributed by atoms with van der Waals surface area (Å²) in [7, 11) is 1.93. The second-order valence-electron chi connectivity index (χ2n) is 7.04. The normalized spacial score (nSPS) is 11.6. The summed E-state index contributed by atoms with van der Waals surface area (Å²) in [6.45, 7) is 7.19. The number of nitrogens with one attached hydrogen (secondary N) is 2. The molecule has 0 spiro atoms. The monoisotopic (exact) mass is 361 g/mol. The van der Waals surface area contributed by atoms with Gasteiger partial charge >= 0.3 is 0 Å². The number of aryl methyl sites for hydroxylation is 1. The van der Waals surface area contributed by atoms with Crippen LogP contribution in [0.3, 0.4) is 0 Å². The maximum atomic E-state index is 4.63. The second-order valence-corrected chi connectivity index (χ2v) is 7.04. The van der Waals surface area contributed by atoms with Crippen LogP contribution in [0, 0.1) is 6.92 Å². The lowest BCUT2D eigenvalue weighted by Gasteiger charge is -2.11. The lowest BCUT2D eigenvalue weighted by Crippen LogP contribution is -2.05. The Balaban J connectivity index is 1.82. The summed E-state index contributed by atoms with van der Waals surface area (Å²) in [6, 6.07) is 6.24. The van der Waals surface area contributed by atoms with Gasteiger partial charge in [-0.2, -0.15) is 10.2 Å². The van der Waals surface area contributed by atoms with E-state index in [9.17, 15) is 0 Å². The maximum Gasteiger partial charge on any atom is 0.158 e. The molecule has 7 heteroatoms. The van der Waals surface area contributed by atoms with Crippen molar-refractivity contribution in [2.24, 2.45) is 0 Å². The number of aromatic nitrogens is 6. The number of rotatable bonds is 5. The average molecular weight is 361 g/mol. The van der Waals surface area contributed by atoms with Crippen LogP contribution in [0.25, 0.3) is 28.3 Å². The third-order valence-electron chi connectivity index (χ3n) is 4.68. The van der Waals surface area contributed by atoms with E-state index in [1.807, 2.05) is 32.4 Å². The van der Waals surface area contributed by atoms with Crippen molar-refractivity contribution in [3.63, 3.8) is 0 Å². The zero-order valence-electron chi connectivity index (χ0n) is 16.0. The van der Waals surface area contributed by atoms with Gasteiger partial charge in [0.15, 0.2) is 5.65 Å². The lowest BCUT2D eigenvalue weighted by atomic mass is 9.95. The maximum absolute atomic E-state index is 4.63. The molecule has 138 valence electrons. The van der Waals surface area contributed by atoms with Gasteiger partial charge in [0, 0.05) is 30.1 Å². The number of H-pyrrole nitrogens is 1. The van der Waals surface area contributed by atoms with Crippen LogP contribution in [0.1, 0.15) is 36.5 Å². The molecular weight excluding hydrogens is 338 g/mol. The van der Waals surface area contributed by atoms with Crippen molar-refractivity contribution < 1.29 is 0 Å². The van der Waals surface area contributed by atoms with Gasteiger partial charge in [-0.3, -0.25) is 10.1 Å². The molecule has 0 atom stereocenters. The Kier molecular flexibility index (Phi) is 4.45. The summed E-state index contributed by atoms with van der Waals surface area (Å²) >= 11 is 0. The quantitative estimate of drug-likeness (QED) is 0.570. The molecule has 0 fully saturated rings. The molecule has 4 aromatic rings. The number of fused-ring (bicyclic) bond motifs is 1. The van der Waals surface area contributed by atoms with Gasteiger partial charge in [0.25, 0.3) is 0 Å². The Hall–Kier alpha value is -3.06. The van der Waals surface area contributed by atoms with Crippen molar-refractivity contribution in [3.8, 4) is 22.6 Å². The summed E-state index contributed by atoms with van der Waals surface area (Å²) < 4.78 is 1.81. The van der Waals surface area contributed by atoms with Gasteiger partial charge in [-0.1, -0.05) is 19.9 Å². The second kappa shape index (κ2) is 6.92. The highest BCUT2D eigenvalue weighted by atomic mass is 15.3. The standard InChI is InChI=1S/C20H23N7/c1-12(2)17-18(15-7-13(3)20-23-11-24-27(20)10-15)25-26-19(17)16-6-5-14(8-21-4)9-22-16/h5-7,9-12,21H,8H2,1-4H3,(H,25,26). The van der Waals surface area contributed by atoms with E-state index >= 15 is 0 Å². The smallest absolute Gasteiger partial charge is 0.158 e. The molecule has 0 saturated heterocycles. The highest BCUT2D eigenvalue weighted by Gasteiger charge is 2.20. The van der Waals surface area contributed by atoms with Crippen LogP contribution < -0.4 is 5.32 Å². The Morgan fingerprint density at radius 2 is 2.07 bits per heavy atom. The molecule has 4 aromatic heterocycles. The molecule has 0 amide bonds. The summed E-state index contributed by atoms with van der Waals surface area (Å²) in [5.41, 5.74) is 8.06. The summed E-state index contributed by atoms with van der Waals surface area (Å²) in [4.78, 5) is 8.92. The molecule has 0 aromatic carbocycles. The first-order valence-electron chi connectivity index (χ1n) is 9.07. The topological polar surface area (TPSA) is 83.8 Å². The van der Waals surface area contributed by atoms with Crippen LogP contribution in [-0.4, -0.2) is 36.8 Å². The molecule has 0 saturated carbocycles. The van der Waals surface area contributed by atoms with E-state index in [-0.39, 0.29) is 0 Å². The molecule has 4 heterocycles. The third-order valence-corrected chi connectivity index (χ3v) is 4.68. The predicted octanol–water partition coefficient (Wildman–Crippen LogP) is 3.33. The average Bonchev–Trinajstić information content (AvgIpc) is 3.29. The summed E-state index contributed by atoms with van der Waals surface area (Å²) in [6.07, 6.45) is 5.46. The van der Waals surface area contributed by atoms with Crippen molar-refractivity contribution in [2.75, 3.05) is 7.05 Å². The van der Waals surface area contributed by atoms with Crippen molar-refractivity contribution in [2.45, 2.75) is 33.2 Å². The molecule has 7 nitrogen and oxygen atoms in total. The zero-order valence-corrected chi connectivity index (χ0v) is 16.0. The molecular formula is C20H23N7. The predicted molar refractivity (Wildman–Crippen MR) is 105 cm³/mol. The van der Waals surface area contributed by atoms with Gasteiger partial charge in [-0.15, -0.1) is 0 Å². The Morgan fingerprint density at radius 1 is 1.22 bits per heavy atom. The van der Waals surface area contributed by atoms with Crippen LogP contribution in [0.15, 0.2) is 36.9 Å². The van der Waals surface area contributed by atoms with E-state index < -0.39 is 0 Å². The fourth-order valence-electron chi connectivity index (χ4n) is 3.43.